The Hall–Kier alpha value is -1.40. The highest BCUT2D eigenvalue weighted by atomic mass is 16.6. The van der Waals surface area contributed by atoms with Crippen LogP contribution < -0.4 is 0 Å². The van der Waals surface area contributed by atoms with Gasteiger partial charge in [-0.05, 0) is 54.8 Å². The van der Waals surface area contributed by atoms with E-state index >= 15 is 0 Å². The van der Waals surface area contributed by atoms with Crippen molar-refractivity contribution in [1.29, 1.82) is 0 Å². The van der Waals surface area contributed by atoms with Crippen molar-refractivity contribution in [2.24, 2.45) is 53.3 Å². The lowest BCUT2D eigenvalue weighted by atomic mass is 9.69. The highest BCUT2D eigenvalue weighted by molar-refractivity contribution is 5.74. The molecule has 13 atom stereocenters. The number of ether oxygens (including phenoxy) is 4. The van der Waals surface area contributed by atoms with Gasteiger partial charge in [-0.3, -0.25) is 9.59 Å². The normalized spacial score (nSPS) is 56.9. The lowest BCUT2D eigenvalue weighted by Crippen LogP contribution is -2.47. The van der Waals surface area contributed by atoms with Gasteiger partial charge in [0.2, 0.25) is 0 Å². The van der Waals surface area contributed by atoms with Gasteiger partial charge in [-0.1, -0.05) is 12.2 Å². The Morgan fingerprint density at radius 2 is 1.83 bits per heavy atom. The number of fused-ring (bicyclic) bond motifs is 10. The average Bonchev–Trinajstić information content (AvgIpc) is 3.50. The quantitative estimate of drug-likeness (QED) is 0.408. The summed E-state index contributed by atoms with van der Waals surface area (Å²) in [5.41, 5.74) is 0. The van der Waals surface area contributed by atoms with Crippen molar-refractivity contribution < 1.29 is 28.5 Å². The summed E-state index contributed by atoms with van der Waals surface area (Å²) in [7, 11) is 0. The van der Waals surface area contributed by atoms with Crippen molar-refractivity contribution in [2.45, 2.75) is 50.6 Å². The molecule has 3 saturated carbocycles. The zero-order valence-corrected chi connectivity index (χ0v) is 16.6. The van der Waals surface area contributed by atoms with Gasteiger partial charge in [-0.2, -0.15) is 0 Å². The van der Waals surface area contributed by atoms with Crippen LogP contribution in [-0.4, -0.2) is 49.6 Å². The minimum atomic E-state index is -0.360. The fraction of sp³-hybridized carbons (Fsp3) is 0.826. The maximum absolute atomic E-state index is 13.3. The number of allylic oxidation sites excluding steroid dienone is 2. The molecule has 0 aromatic rings. The maximum Gasteiger partial charge on any atom is 0.309 e. The number of esters is 2. The minimum absolute atomic E-state index is 0.0292. The van der Waals surface area contributed by atoms with E-state index in [2.05, 4.69) is 12.2 Å². The molecule has 0 N–H and O–H groups in total. The molecule has 6 heteroatoms. The second kappa shape index (κ2) is 5.85. The third kappa shape index (κ3) is 2.20. The molecule has 0 aromatic heterocycles. The van der Waals surface area contributed by atoms with Crippen LogP contribution in [0.15, 0.2) is 12.2 Å². The van der Waals surface area contributed by atoms with E-state index in [0.717, 1.165) is 18.3 Å². The third-order valence-electron chi connectivity index (χ3n) is 9.46. The molecule has 6 fully saturated rings. The van der Waals surface area contributed by atoms with Crippen LogP contribution in [0.25, 0.3) is 0 Å². The third-order valence-corrected chi connectivity index (χ3v) is 9.46. The van der Waals surface area contributed by atoms with Gasteiger partial charge in [0.05, 0.1) is 25.2 Å². The van der Waals surface area contributed by atoms with Crippen LogP contribution in [0.4, 0.5) is 0 Å². The van der Waals surface area contributed by atoms with Crippen LogP contribution in [0.1, 0.15) is 26.2 Å². The first-order valence-electron chi connectivity index (χ1n) is 11.4. The Morgan fingerprint density at radius 1 is 1.00 bits per heavy atom. The van der Waals surface area contributed by atoms with Crippen LogP contribution in [0.3, 0.4) is 0 Å². The molecule has 4 aliphatic carbocycles. The molecule has 0 aromatic carbocycles. The molecule has 3 aliphatic heterocycles. The summed E-state index contributed by atoms with van der Waals surface area (Å²) in [6.45, 7) is 2.34. The van der Waals surface area contributed by atoms with Gasteiger partial charge in [0.25, 0.3) is 0 Å². The molecule has 0 amide bonds. The van der Waals surface area contributed by atoms with Crippen LogP contribution in [0.2, 0.25) is 0 Å². The van der Waals surface area contributed by atoms with Gasteiger partial charge in [-0.15, -0.1) is 0 Å². The SMILES string of the molecule is CC(=O)OCC1C2COC3C2OC1C3OC(=O)C1CC2CC1C1C3C=CC(C3)C21. The van der Waals surface area contributed by atoms with E-state index in [9.17, 15) is 9.59 Å². The van der Waals surface area contributed by atoms with Gasteiger partial charge in [-0.25, -0.2) is 0 Å². The van der Waals surface area contributed by atoms with Gasteiger partial charge in [0.1, 0.15) is 12.2 Å². The fourth-order valence-electron chi connectivity index (χ4n) is 8.59. The van der Waals surface area contributed by atoms with E-state index in [1.165, 1.54) is 19.8 Å². The molecule has 29 heavy (non-hydrogen) atoms. The van der Waals surface area contributed by atoms with Crippen LogP contribution in [-0.2, 0) is 28.5 Å². The van der Waals surface area contributed by atoms with E-state index in [1.807, 2.05) is 0 Å². The van der Waals surface area contributed by atoms with Crippen LogP contribution >= 0.6 is 0 Å². The molecular weight excluding hydrogens is 372 g/mol. The van der Waals surface area contributed by atoms with Crippen molar-refractivity contribution >= 4 is 11.9 Å². The first-order valence-corrected chi connectivity index (χ1v) is 11.4. The summed E-state index contributed by atoms with van der Waals surface area (Å²) in [6.07, 6.45) is 7.59. The summed E-state index contributed by atoms with van der Waals surface area (Å²) in [5.74, 6) is 4.17. The summed E-state index contributed by atoms with van der Waals surface area (Å²) < 4.78 is 23.5. The summed E-state index contributed by atoms with van der Waals surface area (Å²) in [6, 6.07) is 0. The molecule has 3 heterocycles. The zero-order valence-electron chi connectivity index (χ0n) is 16.6. The largest absolute Gasteiger partial charge is 0.465 e. The van der Waals surface area contributed by atoms with Crippen molar-refractivity contribution in [3.8, 4) is 0 Å². The van der Waals surface area contributed by atoms with E-state index in [4.69, 9.17) is 18.9 Å². The zero-order chi connectivity index (χ0) is 19.4. The topological polar surface area (TPSA) is 71.1 Å². The van der Waals surface area contributed by atoms with E-state index in [-0.39, 0.29) is 54.1 Å². The highest BCUT2D eigenvalue weighted by Crippen LogP contribution is 2.67. The fourth-order valence-corrected chi connectivity index (χ4v) is 8.59. The van der Waals surface area contributed by atoms with Crippen LogP contribution in [0.5, 0.6) is 0 Å². The molecular formula is C23H28O6. The molecule has 6 bridgehead atoms. The molecule has 13 unspecified atom stereocenters. The number of carbonyl (C=O) groups is 2. The Balaban J connectivity index is 1.07. The average molecular weight is 400 g/mol. The number of hydrogen-bond donors (Lipinski definition) is 0. The molecule has 0 spiro atoms. The minimum Gasteiger partial charge on any atom is -0.465 e. The van der Waals surface area contributed by atoms with Gasteiger partial charge in [0.15, 0.2) is 6.10 Å². The lowest BCUT2D eigenvalue weighted by Gasteiger charge is -2.37. The molecule has 156 valence electrons. The number of rotatable bonds is 4. The predicted molar refractivity (Wildman–Crippen MR) is 99.3 cm³/mol. The summed E-state index contributed by atoms with van der Waals surface area (Å²) in [4.78, 5) is 24.6. The van der Waals surface area contributed by atoms with E-state index < -0.39 is 0 Å². The molecule has 3 saturated heterocycles. The first kappa shape index (κ1) is 17.3. The molecule has 7 aliphatic rings. The smallest absolute Gasteiger partial charge is 0.309 e. The predicted octanol–water partition coefficient (Wildman–Crippen LogP) is 1.97. The van der Waals surface area contributed by atoms with Gasteiger partial charge in [0, 0.05) is 18.8 Å². The Morgan fingerprint density at radius 3 is 2.66 bits per heavy atom. The van der Waals surface area contributed by atoms with Crippen molar-refractivity contribution in [1.82, 2.24) is 0 Å². The van der Waals surface area contributed by atoms with E-state index in [0.29, 0.717) is 36.9 Å². The summed E-state index contributed by atoms with van der Waals surface area (Å²) >= 11 is 0. The highest BCUT2D eigenvalue weighted by Gasteiger charge is 2.67. The van der Waals surface area contributed by atoms with Crippen molar-refractivity contribution in [3.63, 3.8) is 0 Å². The monoisotopic (exact) mass is 400 g/mol. The molecule has 0 radical (unpaired) electrons. The van der Waals surface area contributed by atoms with E-state index in [1.54, 1.807) is 0 Å². The van der Waals surface area contributed by atoms with Crippen molar-refractivity contribution in [2.75, 3.05) is 13.2 Å². The van der Waals surface area contributed by atoms with Gasteiger partial charge < -0.3 is 18.9 Å². The lowest BCUT2D eigenvalue weighted by molar-refractivity contribution is -0.166. The van der Waals surface area contributed by atoms with Crippen LogP contribution in [0, 0.1) is 53.3 Å². The standard InChI is InChI=1S/C23H28O6/c1-9(24)26-7-15-16-8-27-21-19(16)28-20(15)22(21)29-23(25)14-6-12-5-13(14)18-11-3-2-10(4-11)17(12)18/h2-3,10-22H,4-8H2,1H3. The maximum atomic E-state index is 13.3. The second-order valence-corrected chi connectivity index (χ2v) is 10.5. The summed E-state index contributed by atoms with van der Waals surface area (Å²) in [5, 5.41) is 0. The first-order chi connectivity index (χ1) is 14.1. The number of hydrogen-bond acceptors (Lipinski definition) is 6. The Bertz CT molecular complexity index is 792. The van der Waals surface area contributed by atoms with Crippen molar-refractivity contribution in [3.05, 3.63) is 12.2 Å². The molecule has 6 nitrogen and oxygen atoms in total. The number of carbonyl (C=O) groups excluding carboxylic acids is 2. The Kier molecular flexibility index (Phi) is 3.49. The Labute approximate surface area is 170 Å². The van der Waals surface area contributed by atoms with Gasteiger partial charge >= 0.3 is 11.9 Å². The second-order valence-electron chi connectivity index (χ2n) is 10.5. The molecule has 7 rings (SSSR count).